The molecular formula is C21H30ClN9O4S. The van der Waals surface area contributed by atoms with E-state index in [1.165, 1.54) is 12.1 Å². The van der Waals surface area contributed by atoms with Crippen molar-refractivity contribution in [2.45, 2.75) is 44.4 Å². The molecule has 0 aliphatic carbocycles. The molecule has 0 saturated heterocycles. The van der Waals surface area contributed by atoms with Crippen LogP contribution in [0, 0.1) is 11.3 Å². The maximum Gasteiger partial charge on any atom is 0.283 e. The van der Waals surface area contributed by atoms with Crippen LogP contribution in [0.5, 0.6) is 0 Å². The predicted octanol–water partition coefficient (Wildman–Crippen LogP) is 1.01. The molecule has 0 bridgehead atoms. The minimum absolute atomic E-state index is 0.00491. The first-order chi connectivity index (χ1) is 16.8. The number of guanidine groups is 1. The molecule has 2 amide bonds. The van der Waals surface area contributed by atoms with Gasteiger partial charge in [-0.3, -0.25) is 25.3 Å². The van der Waals surface area contributed by atoms with E-state index in [9.17, 15) is 18.0 Å². The molecule has 0 atom stereocenters. The van der Waals surface area contributed by atoms with E-state index in [0.29, 0.717) is 19.3 Å². The zero-order valence-electron chi connectivity index (χ0n) is 19.9. The van der Waals surface area contributed by atoms with Crippen LogP contribution in [0.1, 0.15) is 49.2 Å². The number of aryl methyl sites for hydroxylation is 1. The van der Waals surface area contributed by atoms with Crippen molar-refractivity contribution in [3.8, 4) is 0 Å². The number of benzene rings is 1. The van der Waals surface area contributed by atoms with Gasteiger partial charge in [0, 0.05) is 13.0 Å². The zero-order chi connectivity index (χ0) is 27.0. The summed E-state index contributed by atoms with van der Waals surface area (Å²) in [4.78, 5) is 35.1. The Morgan fingerprint density at radius 3 is 2.33 bits per heavy atom. The van der Waals surface area contributed by atoms with E-state index >= 15 is 0 Å². The SMILES string of the molecule is CC(C)CC(=O)NNS(=O)(=O)c1ccc(CCCCN(C(=N)N)C(=O)c2nc(Cl)c(N)nc2N)cc1. The van der Waals surface area contributed by atoms with Crippen LogP contribution in [0.2, 0.25) is 5.15 Å². The molecule has 0 fully saturated rings. The standard InChI is InChI=1S/C21H30ClN9O4S/c1-12(2)11-15(32)29-30-36(34,35)14-8-6-13(7-9-14)5-3-4-10-31(21(25)26)20(33)16-18(23)28-19(24)17(22)27-16/h6-9,12,30H,3-5,10-11H2,1-2H3,(H3,25,26)(H,29,32)(H4,23,24,28). The van der Waals surface area contributed by atoms with Gasteiger partial charge in [-0.1, -0.05) is 37.6 Å². The van der Waals surface area contributed by atoms with Crippen LogP contribution in [0.25, 0.3) is 0 Å². The molecule has 2 aromatic rings. The Balaban J connectivity index is 1.92. The van der Waals surface area contributed by atoms with Crippen molar-refractivity contribution in [1.29, 1.82) is 5.41 Å². The molecule has 196 valence electrons. The molecule has 9 N–H and O–H groups in total. The van der Waals surface area contributed by atoms with Crippen molar-refractivity contribution >= 4 is 51.0 Å². The van der Waals surface area contributed by atoms with E-state index in [0.717, 1.165) is 10.5 Å². The number of rotatable bonds is 11. The monoisotopic (exact) mass is 539 g/mol. The Bertz CT molecular complexity index is 1220. The molecule has 0 spiro atoms. The Kier molecular flexibility index (Phi) is 9.95. The first-order valence-corrected chi connectivity index (χ1v) is 12.8. The summed E-state index contributed by atoms with van der Waals surface area (Å²) in [7, 11) is -3.90. The quantitative estimate of drug-likeness (QED) is 0.103. The molecule has 15 heteroatoms. The molecule has 1 aromatic heterocycles. The van der Waals surface area contributed by atoms with Crippen LogP contribution in [-0.2, 0) is 21.2 Å². The molecule has 0 radical (unpaired) electrons. The number of nitrogens with zero attached hydrogens (tertiary/aromatic N) is 3. The van der Waals surface area contributed by atoms with Gasteiger partial charge in [0.2, 0.25) is 5.91 Å². The highest BCUT2D eigenvalue weighted by molar-refractivity contribution is 7.89. The third-order valence-corrected chi connectivity index (χ3v) is 6.43. The lowest BCUT2D eigenvalue weighted by molar-refractivity contribution is -0.122. The van der Waals surface area contributed by atoms with Crippen molar-refractivity contribution in [1.82, 2.24) is 25.1 Å². The van der Waals surface area contributed by atoms with E-state index in [1.54, 1.807) is 12.1 Å². The van der Waals surface area contributed by atoms with Gasteiger partial charge in [0.25, 0.3) is 15.9 Å². The normalized spacial score (nSPS) is 11.3. The number of nitrogen functional groups attached to an aromatic ring is 2. The smallest absolute Gasteiger partial charge is 0.283 e. The second-order valence-corrected chi connectivity index (χ2v) is 10.4. The fraction of sp³-hybridized carbons (Fsp3) is 0.381. The average Bonchev–Trinajstić information content (AvgIpc) is 2.79. The van der Waals surface area contributed by atoms with E-state index in [2.05, 4.69) is 20.2 Å². The van der Waals surface area contributed by atoms with E-state index < -0.39 is 27.8 Å². The third kappa shape index (κ3) is 8.03. The molecule has 2 rings (SSSR count). The first kappa shape index (κ1) is 28.7. The van der Waals surface area contributed by atoms with Gasteiger partial charge in [-0.2, -0.15) is 0 Å². The van der Waals surface area contributed by atoms with E-state index in [-0.39, 0.29) is 46.3 Å². The number of halogens is 1. The Labute approximate surface area is 214 Å². The van der Waals surface area contributed by atoms with Crippen molar-refractivity contribution in [2.75, 3.05) is 18.0 Å². The predicted molar refractivity (Wildman–Crippen MR) is 136 cm³/mol. The summed E-state index contributed by atoms with van der Waals surface area (Å²) >= 11 is 5.83. The van der Waals surface area contributed by atoms with Gasteiger partial charge in [-0.05, 0) is 42.9 Å². The summed E-state index contributed by atoms with van der Waals surface area (Å²) in [5.41, 5.74) is 19.6. The fourth-order valence-electron chi connectivity index (χ4n) is 3.10. The summed E-state index contributed by atoms with van der Waals surface area (Å²) in [5.74, 6) is -1.88. The number of hydrogen-bond acceptors (Lipinski definition) is 9. The number of carbonyl (C=O) groups excluding carboxylic acids is 2. The maximum absolute atomic E-state index is 12.7. The number of anilines is 2. The highest BCUT2D eigenvalue weighted by Crippen LogP contribution is 2.19. The number of unbranched alkanes of at least 4 members (excludes halogenated alkanes) is 1. The summed E-state index contributed by atoms with van der Waals surface area (Å²) in [5, 5.41) is 7.53. The van der Waals surface area contributed by atoms with Crippen molar-refractivity contribution in [3.63, 3.8) is 0 Å². The Hall–Kier alpha value is -3.49. The van der Waals surface area contributed by atoms with Crippen LogP contribution in [0.3, 0.4) is 0 Å². The van der Waals surface area contributed by atoms with Gasteiger partial charge in [-0.25, -0.2) is 18.4 Å². The molecular weight excluding hydrogens is 510 g/mol. The van der Waals surface area contributed by atoms with Gasteiger partial charge in [0.15, 0.2) is 28.4 Å². The summed E-state index contributed by atoms with van der Waals surface area (Å²) in [6.07, 6.45) is 1.86. The van der Waals surface area contributed by atoms with Gasteiger partial charge in [-0.15, -0.1) is 4.83 Å². The zero-order valence-corrected chi connectivity index (χ0v) is 21.5. The van der Waals surface area contributed by atoms with Crippen molar-refractivity contribution in [3.05, 3.63) is 40.7 Å². The first-order valence-electron chi connectivity index (χ1n) is 11.0. The largest absolute Gasteiger partial charge is 0.382 e. The summed E-state index contributed by atoms with van der Waals surface area (Å²) in [6, 6.07) is 6.18. The number of nitrogens with one attached hydrogen (secondary N) is 3. The fourth-order valence-corrected chi connectivity index (χ4v) is 4.08. The number of aromatic nitrogens is 2. The van der Waals surface area contributed by atoms with Crippen molar-refractivity contribution in [2.24, 2.45) is 11.7 Å². The number of hydrazine groups is 1. The van der Waals surface area contributed by atoms with Crippen LogP contribution < -0.4 is 27.5 Å². The Morgan fingerprint density at radius 1 is 1.11 bits per heavy atom. The highest BCUT2D eigenvalue weighted by Gasteiger charge is 2.24. The number of carbonyl (C=O) groups is 2. The van der Waals surface area contributed by atoms with Crippen LogP contribution in [0.15, 0.2) is 29.2 Å². The Morgan fingerprint density at radius 2 is 1.75 bits per heavy atom. The van der Waals surface area contributed by atoms with Gasteiger partial charge >= 0.3 is 0 Å². The molecule has 0 aliphatic heterocycles. The minimum Gasteiger partial charge on any atom is -0.382 e. The molecule has 36 heavy (non-hydrogen) atoms. The van der Waals surface area contributed by atoms with Crippen LogP contribution >= 0.6 is 11.6 Å². The average molecular weight is 540 g/mol. The number of hydrogen-bond donors (Lipinski definition) is 6. The highest BCUT2D eigenvalue weighted by atomic mass is 35.5. The topological polar surface area (TPSA) is 223 Å². The summed E-state index contributed by atoms with van der Waals surface area (Å²) < 4.78 is 24.7. The molecule has 1 aromatic carbocycles. The number of sulfonamides is 1. The lowest BCUT2D eigenvalue weighted by Gasteiger charge is -2.20. The molecule has 0 aliphatic rings. The van der Waals surface area contributed by atoms with Crippen LogP contribution in [0.4, 0.5) is 11.6 Å². The van der Waals surface area contributed by atoms with Crippen LogP contribution in [-0.4, -0.2) is 47.6 Å². The lowest BCUT2D eigenvalue weighted by atomic mass is 10.1. The van der Waals surface area contributed by atoms with Gasteiger partial charge in [0.05, 0.1) is 4.90 Å². The molecule has 0 unspecified atom stereocenters. The van der Waals surface area contributed by atoms with Gasteiger partial charge in [0.1, 0.15) is 0 Å². The van der Waals surface area contributed by atoms with Gasteiger partial charge < -0.3 is 17.2 Å². The number of nitrogens with two attached hydrogens (primary N) is 3. The third-order valence-electron chi connectivity index (χ3n) is 4.89. The van der Waals surface area contributed by atoms with Crippen molar-refractivity contribution < 1.29 is 18.0 Å². The lowest BCUT2D eigenvalue weighted by Crippen LogP contribution is -2.42. The van der Waals surface area contributed by atoms with E-state index in [4.69, 9.17) is 34.2 Å². The molecule has 13 nitrogen and oxygen atoms in total. The molecule has 0 saturated carbocycles. The number of amides is 2. The maximum atomic E-state index is 12.7. The molecule has 1 heterocycles. The summed E-state index contributed by atoms with van der Waals surface area (Å²) in [6.45, 7) is 3.81. The van der Waals surface area contributed by atoms with E-state index in [1.807, 2.05) is 13.8 Å². The second-order valence-electron chi connectivity index (χ2n) is 8.33. The minimum atomic E-state index is -3.90. The second kappa shape index (κ2) is 12.5.